The highest BCUT2D eigenvalue weighted by Crippen LogP contribution is 2.22. The lowest BCUT2D eigenvalue weighted by Crippen LogP contribution is -2.11. The molecule has 5 aliphatic heterocycles. The molecule has 0 aromatic rings. The van der Waals surface area contributed by atoms with Crippen LogP contribution in [0.4, 0.5) is 0 Å². The molecule has 0 N–H and O–H groups in total. The molecule has 0 fully saturated rings. The Balaban J connectivity index is 1.62. The monoisotopic (exact) mass is 297 g/mol. The second-order valence-corrected chi connectivity index (χ2v) is 5.42. The maximum Gasteiger partial charge on any atom is 0.216 e. The van der Waals surface area contributed by atoms with Gasteiger partial charge in [0.15, 0.2) is 0 Å². The van der Waals surface area contributed by atoms with Crippen LogP contribution < -0.4 is 0 Å². The summed E-state index contributed by atoms with van der Waals surface area (Å²) in [6, 6.07) is 0. The highest BCUT2D eigenvalue weighted by molar-refractivity contribution is 6.52. The highest BCUT2D eigenvalue weighted by atomic mass is 15.3. The van der Waals surface area contributed by atoms with Gasteiger partial charge in [0.05, 0.1) is 34.2 Å². The summed E-state index contributed by atoms with van der Waals surface area (Å²) in [5, 5.41) is 0. The molecule has 8 bridgehead atoms. The molecule has 0 aliphatic carbocycles. The van der Waals surface area contributed by atoms with Gasteiger partial charge in [-0.25, -0.2) is 15.0 Å². The molecule has 0 aromatic carbocycles. The van der Waals surface area contributed by atoms with Crippen molar-refractivity contribution in [3.05, 3.63) is 91.1 Å². The van der Waals surface area contributed by atoms with Crippen LogP contribution in [0.15, 0.2) is 99.4 Å². The average Bonchev–Trinajstić information content (AvgIpc) is 3.28. The normalized spacial score (nSPS) is 23.3. The summed E-state index contributed by atoms with van der Waals surface area (Å²) in [7, 11) is 0. The second-order valence-electron chi connectivity index (χ2n) is 5.42. The Kier molecular flexibility index (Phi) is 2.49. The van der Waals surface area contributed by atoms with Gasteiger partial charge in [-0.15, -0.1) is 0 Å². The molecule has 5 rings (SSSR count). The lowest BCUT2D eigenvalue weighted by molar-refractivity contribution is 0.488. The van der Waals surface area contributed by atoms with Crippen LogP contribution in [0.1, 0.15) is 0 Å². The van der Waals surface area contributed by atoms with Crippen molar-refractivity contribution in [2.24, 2.45) is 15.0 Å². The van der Waals surface area contributed by atoms with Gasteiger partial charge < -0.3 is 9.80 Å². The van der Waals surface area contributed by atoms with E-state index >= 15 is 0 Å². The van der Waals surface area contributed by atoms with Crippen molar-refractivity contribution in [2.45, 2.75) is 0 Å². The first-order valence-corrected chi connectivity index (χ1v) is 7.29. The van der Waals surface area contributed by atoms with E-state index < -0.39 is 0 Å². The lowest BCUT2D eigenvalue weighted by Gasteiger charge is -2.12. The van der Waals surface area contributed by atoms with Crippen molar-refractivity contribution < 1.29 is 0 Å². The minimum atomic E-state index is 0.869. The van der Waals surface area contributed by atoms with Crippen molar-refractivity contribution in [1.82, 2.24) is 9.80 Å². The molecule has 0 amide bonds. The summed E-state index contributed by atoms with van der Waals surface area (Å²) >= 11 is 0. The SMILES string of the molecule is [C]1N2C=CN1C=C1C=CC(=N1)C1=NC(=CC3=NC(=C2)C=C3)C=C1. The first-order valence-electron chi connectivity index (χ1n) is 7.29. The second kappa shape index (κ2) is 4.64. The maximum absolute atomic E-state index is 4.61. The third-order valence-electron chi connectivity index (χ3n) is 3.73. The van der Waals surface area contributed by atoms with Gasteiger partial charge in [0.25, 0.3) is 0 Å². The molecule has 0 saturated carbocycles. The summed E-state index contributed by atoms with van der Waals surface area (Å²) in [4.78, 5) is 17.5. The molecule has 5 heteroatoms. The molecule has 0 aromatic heterocycles. The molecule has 5 heterocycles. The van der Waals surface area contributed by atoms with Crippen LogP contribution in [-0.2, 0) is 0 Å². The fourth-order valence-corrected chi connectivity index (χ4v) is 2.66. The smallest absolute Gasteiger partial charge is 0.216 e. The minimum Gasteiger partial charge on any atom is -0.320 e. The van der Waals surface area contributed by atoms with Crippen molar-refractivity contribution >= 4 is 17.1 Å². The van der Waals surface area contributed by atoms with E-state index in [-0.39, 0.29) is 0 Å². The zero-order valence-electron chi connectivity index (χ0n) is 12.1. The quantitative estimate of drug-likeness (QED) is 0.690. The third kappa shape index (κ3) is 2.23. The molecular formula is C18H11N5. The Hall–Kier alpha value is -3.21. The predicted octanol–water partition coefficient (Wildman–Crippen LogP) is 2.68. The summed E-state index contributed by atoms with van der Waals surface area (Å²) in [6.45, 7) is 3.20. The van der Waals surface area contributed by atoms with Crippen LogP contribution >= 0.6 is 0 Å². The van der Waals surface area contributed by atoms with Gasteiger partial charge in [0, 0.05) is 24.8 Å². The van der Waals surface area contributed by atoms with Crippen LogP contribution in [0.25, 0.3) is 0 Å². The molecule has 0 unspecified atom stereocenters. The van der Waals surface area contributed by atoms with Crippen molar-refractivity contribution in [3.63, 3.8) is 0 Å². The van der Waals surface area contributed by atoms with E-state index in [2.05, 4.69) is 21.6 Å². The van der Waals surface area contributed by atoms with Gasteiger partial charge in [-0.3, -0.25) is 0 Å². The molecule has 5 nitrogen and oxygen atoms in total. The van der Waals surface area contributed by atoms with Crippen molar-refractivity contribution in [1.29, 1.82) is 0 Å². The van der Waals surface area contributed by atoms with Crippen molar-refractivity contribution in [2.75, 3.05) is 0 Å². The highest BCUT2D eigenvalue weighted by Gasteiger charge is 2.17. The van der Waals surface area contributed by atoms with E-state index in [1.807, 2.05) is 77.1 Å². The van der Waals surface area contributed by atoms with E-state index in [0.29, 0.717) is 0 Å². The number of hydrogen-bond donors (Lipinski definition) is 0. The zero-order valence-corrected chi connectivity index (χ0v) is 12.1. The van der Waals surface area contributed by atoms with Gasteiger partial charge in [-0.2, -0.15) is 0 Å². The van der Waals surface area contributed by atoms with Crippen molar-refractivity contribution in [3.8, 4) is 0 Å². The molecule has 5 aliphatic rings. The van der Waals surface area contributed by atoms with E-state index in [1.165, 1.54) is 0 Å². The Morgan fingerprint density at radius 3 is 2.04 bits per heavy atom. The number of rotatable bonds is 0. The predicted molar refractivity (Wildman–Crippen MR) is 90.0 cm³/mol. The number of allylic oxidation sites excluding steroid dienone is 7. The summed E-state index contributed by atoms with van der Waals surface area (Å²) in [6.07, 6.45) is 21.5. The first kappa shape index (κ1) is 12.3. The summed E-state index contributed by atoms with van der Waals surface area (Å²) in [5.41, 5.74) is 5.26. The molecule has 0 atom stereocenters. The molecule has 23 heavy (non-hydrogen) atoms. The molecule has 108 valence electrons. The van der Waals surface area contributed by atoms with Crippen LogP contribution in [0.3, 0.4) is 0 Å². The zero-order chi connectivity index (χ0) is 15.2. The minimum absolute atomic E-state index is 0.869. The largest absolute Gasteiger partial charge is 0.320 e. The van der Waals surface area contributed by atoms with Crippen LogP contribution in [0, 0.1) is 6.67 Å². The number of hydrogen-bond acceptors (Lipinski definition) is 5. The number of aliphatic imine (C=N–C) groups is 3. The Labute approximate surface area is 133 Å². The molecule has 0 spiro atoms. The Morgan fingerprint density at radius 2 is 1.26 bits per heavy atom. The maximum atomic E-state index is 4.61. The topological polar surface area (TPSA) is 43.6 Å². The van der Waals surface area contributed by atoms with Crippen LogP contribution in [0.5, 0.6) is 0 Å². The van der Waals surface area contributed by atoms with E-state index in [1.54, 1.807) is 0 Å². The van der Waals surface area contributed by atoms with E-state index in [9.17, 15) is 0 Å². The number of nitrogens with zero attached hydrogens (tertiary/aromatic N) is 5. The van der Waals surface area contributed by atoms with Gasteiger partial charge >= 0.3 is 0 Å². The molecule has 2 radical (unpaired) electrons. The number of fused-ring (bicyclic) bond motifs is 6. The lowest BCUT2D eigenvalue weighted by atomic mass is 10.2. The third-order valence-corrected chi connectivity index (χ3v) is 3.73. The van der Waals surface area contributed by atoms with Crippen LogP contribution in [-0.4, -0.2) is 26.9 Å². The van der Waals surface area contributed by atoms with Gasteiger partial charge in [0.1, 0.15) is 0 Å². The van der Waals surface area contributed by atoms with Crippen LogP contribution in [0.2, 0.25) is 0 Å². The first-order chi connectivity index (χ1) is 11.3. The standard InChI is InChI=1S/C18H11N5/c1-2-15-10-22-7-8-23(12-22)11-16-4-6-18(21-16)17-5-3-14(20-17)9-13(1)19-15/h1-11H. The van der Waals surface area contributed by atoms with Gasteiger partial charge in [-0.05, 0) is 42.5 Å². The molecular weight excluding hydrogens is 286 g/mol. The van der Waals surface area contributed by atoms with E-state index in [4.69, 9.17) is 0 Å². The fraction of sp³-hybridized carbons (Fsp3) is 0. The summed E-state index contributed by atoms with van der Waals surface area (Å²) in [5.74, 6) is 0. The Morgan fingerprint density at radius 1 is 0.652 bits per heavy atom. The average molecular weight is 297 g/mol. The van der Waals surface area contributed by atoms with Gasteiger partial charge in [-0.1, -0.05) is 0 Å². The van der Waals surface area contributed by atoms with E-state index in [0.717, 1.165) is 34.2 Å². The Bertz CT molecular complexity index is 900. The summed E-state index contributed by atoms with van der Waals surface area (Å²) < 4.78 is 0. The molecule has 0 saturated heterocycles. The fourth-order valence-electron chi connectivity index (χ4n) is 2.66. The van der Waals surface area contributed by atoms with Gasteiger partial charge in [0.2, 0.25) is 6.67 Å².